The largest absolute Gasteiger partial charge is 0.454 e. The third-order valence-electron chi connectivity index (χ3n) is 7.10. The number of hydrogen-bond acceptors (Lipinski definition) is 4. The fraction of sp³-hybridized carbons (Fsp3) is 0.242. The number of nitrogen functional groups attached to an aromatic ring is 1. The number of aromatic nitrogens is 1. The lowest BCUT2D eigenvalue weighted by atomic mass is 9.96. The van der Waals surface area contributed by atoms with Crippen LogP contribution in [0, 0.1) is 5.82 Å². The lowest BCUT2D eigenvalue weighted by Crippen LogP contribution is -2.10. The van der Waals surface area contributed by atoms with Crippen LogP contribution >= 0.6 is 0 Å². The number of H-pyrrole nitrogens is 1. The van der Waals surface area contributed by atoms with Crippen LogP contribution in [0.3, 0.4) is 0 Å². The summed E-state index contributed by atoms with van der Waals surface area (Å²) in [6.45, 7) is 14.2. The molecule has 0 aliphatic heterocycles. The van der Waals surface area contributed by atoms with E-state index in [0.29, 0.717) is 28.4 Å². The van der Waals surface area contributed by atoms with E-state index in [-0.39, 0.29) is 23.4 Å². The third kappa shape index (κ3) is 5.90. The van der Waals surface area contributed by atoms with Crippen molar-refractivity contribution in [1.29, 1.82) is 0 Å². The highest BCUT2D eigenvalue weighted by atomic mass is 19.1. The molecule has 0 saturated heterocycles. The molecule has 3 aromatic carbocycles. The van der Waals surface area contributed by atoms with Crippen LogP contribution in [-0.2, 0) is 0 Å². The van der Waals surface area contributed by atoms with E-state index in [9.17, 15) is 9.18 Å². The van der Waals surface area contributed by atoms with Crippen LogP contribution in [0.2, 0.25) is 0 Å². The van der Waals surface area contributed by atoms with E-state index in [2.05, 4.69) is 44.6 Å². The normalized spacial score (nSPS) is 12.8. The van der Waals surface area contributed by atoms with Crippen LogP contribution in [0.15, 0.2) is 84.6 Å². The molecular formula is C33H36FN3O2. The quantitative estimate of drug-likeness (QED) is 0.0835. The monoisotopic (exact) mass is 525 g/mol. The summed E-state index contributed by atoms with van der Waals surface area (Å²) in [5.74, 6) is 0.544. The number of anilines is 2. The van der Waals surface area contributed by atoms with Crippen molar-refractivity contribution in [2.45, 2.75) is 52.9 Å². The first-order valence-electron chi connectivity index (χ1n) is 13.3. The molecule has 0 aliphatic carbocycles. The van der Waals surface area contributed by atoms with Gasteiger partial charge in [0.05, 0.1) is 5.69 Å². The zero-order valence-corrected chi connectivity index (χ0v) is 23.2. The van der Waals surface area contributed by atoms with E-state index in [1.807, 2.05) is 43.3 Å². The Morgan fingerprint density at radius 2 is 1.85 bits per heavy atom. The van der Waals surface area contributed by atoms with Gasteiger partial charge in [0.25, 0.3) is 0 Å². The first-order chi connectivity index (χ1) is 18.6. The molecular weight excluding hydrogens is 489 g/mol. The highest BCUT2D eigenvalue weighted by Crippen LogP contribution is 2.34. The second kappa shape index (κ2) is 11.6. The summed E-state index contributed by atoms with van der Waals surface area (Å²) in [7, 11) is 0. The molecule has 6 heteroatoms. The summed E-state index contributed by atoms with van der Waals surface area (Å²) in [6.07, 6.45) is 2.49. The third-order valence-corrected chi connectivity index (χ3v) is 7.10. The smallest absolute Gasteiger partial charge is 0.210 e. The minimum absolute atomic E-state index is 0.147. The molecule has 1 aromatic heterocycles. The van der Waals surface area contributed by atoms with E-state index < -0.39 is 5.82 Å². The van der Waals surface area contributed by atoms with Crippen LogP contribution in [0.5, 0.6) is 11.5 Å². The summed E-state index contributed by atoms with van der Waals surface area (Å²) in [5, 5.41) is 4.35. The van der Waals surface area contributed by atoms with Crippen LogP contribution in [-0.4, -0.2) is 10.8 Å². The minimum atomic E-state index is -0.436. The van der Waals surface area contributed by atoms with Crippen molar-refractivity contribution < 1.29 is 13.9 Å². The summed E-state index contributed by atoms with van der Waals surface area (Å²) >= 11 is 0. The number of allylic oxidation sites excluding steroid dienone is 3. The van der Waals surface area contributed by atoms with Gasteiger partial charge in [-0.3, -0.25) is 4.79 Å². The predicted octanol–water partition coefficient (Wildman–Crippen LogP) is 9.07. The van der Waals surface area contributed by atoms with Gasteiger partial charge >= 0.3 is 0 Å². The fourth-order valence-electron chi connectivity index (χ4n) is 4.68. The van der Waals surface area contributed by atoms with Gasteiger partial charge in [0.15, 0.2) is 11.6 Å². The number of benzene rings is 3. The van der Waals surface area contributed by atoms with Crippen molar-refractivity contribution in [3.05, 3.63) is 107 Å². The van der Waals surface area contributed by atoms with Crippen LogP contribution < -0.4 is 15.8 Å². The Bertz CT molecular complexity index is 1560. The fourth-order valence-corrected chi connectivity index (χ4v) is 4.68. The number of fused-ring (bicyclic) bond motifs is 1. The Kier molecular flexibility index (Phi) is 8.24. The molecule has 1 heterocycles. The van der Waals surface area contributed by atoms with E-state index >= 15 is 0 Å². The lowest BCUT2D eigenvalue weighted by Gasteiger charge is -2.19. The maximum Gasteiger partial charge on any atom is 0.210 e. The molecule has 0 aliphatic rings. The molecule has 0 spiro atoms. The van der Waals surface area contributed by atoms with E-state index in [0.717, 1.165) is 34.1 Å². The summed E-state index contributed by atoms with van der Waals surface area (Å²) in [6, 6.07) is 17.7. The average molecular weight is 526 g/mol. The summed E-state index contributed by atoms with van der Waals surface area (Å²) in [5.41, 5.74) is 12.2. The number of nitrogens with one attached hydrogen (secondary N) is 2. The number of hydrogen-bond donors (Lipinski definition) is 3. The van der Waals surface area contributed by atoms with Crippen molar-refractivity contribution in [1.82, 2.24) is 4.98 Å². The Hall–Kier alpha value is -4.32. The molecule has 0 radical (unpaired) electrons. The van der Waals surface area contributed by atoms with Gasteiger partial charge in [-0.15, -0.1) is 0 Å². The van der Waals surface area contributed by atoms with Crippen molar-refractivity contribution in [3.8, 4) is 11.5 Å². The van der Waals surface area contributed by atoms with E-state index in [4.69, 9.17) is 10.5 Å². The summed E-state index contributed by atoms with van der Waals surface area (Å²) in [4.78, 5) is 16.8. The molecule has 0 amide bonds. The van der Waals surface area contributed by atoms with Gasteiger partial charge in [-0.1, -0.05) is 58.5 Å². The highest BCUT2D eigenvalue weighted by molar-refractivity contribution is 6.12. The number of ketones is 1. The molecule has 39 heavy (non-hydrogen) atoms. The second-order valence-corrected chi connectivity index (χ2v) is 10.2. The van der Waals surface area contributed by atoms with Gasteiger partial charge in [-0.05, 0) is 72.7 Å². The number of rotatable bonds is 10. The van der Waals surface area contributed by atoms with Crippen LogP contribution in [0.25, 0.3) is 10.9 Å². The van der Waals surface area contributed by atoms with Gasteiger partial charge in [0.2, 0.25) is 5.78 Å². The summed E-state index contributed by atoms with van der Waals surface area (Å²) < 4.78 is 20.0. The lowest BCUT2D eigenvalue weighted by molar-refractivity contribution is 0.103. The number of carbonyl (C=O) groups is 1. The zero-order valence-electron chi connectivity index (χ0n) is 23.2. The van der Waals surface area contributed by atoms with Gasteiger partial charge in [-0.2, -0.15) is 0 Å². The van der Waals surface area contributed by atoms with Crippen molar-refractivity contribution in [2.75, 3.05) is 11.1 Å². The number of nitrogens with two attached hydrogens (primary N) is 1. The molecule has 0 fully saturated rings. The maximum atomic E-state index is 14.2. The van der Waals surface area contributed by atoms with Crippen molar-refractivity contribution in [3.63, 3.8) is 0 Å². The molecule has 4 rings (SSSR count). The second-order valence-electron chi connectivity index (χ2n) is 10.2. The zero-order chi connectivity index (χ0) is 28.3. The number of para-hydroxylation sites is 1. The number of aromatic amines is 1. The molecule has 4 N–H and O–H groups in total. The minimum Gasteiger partial charge on any atom is -0.454 e. The van der Waals surface area contributed by atoms with Crippen molar-refractivity contribution in [2.24, 2.45) is 0 Å². The van der Waals surface area contributed by atoms with Crippen LogP contribution in [0.1, 0.15) is 74.5 Å². The van der Waals surface area contributed by atoms with E-state index in [1.54, 1.807) is 24.3 Å². The predicted molar refractivity (Wildman–Crippen MR) is 159 cm³/mol. The number of ether oxygens (including phenoxy) is 1. The Morgan fingerprint density at radius 3 is 2.51 bits per heavy atom. The number of halogens is 1. The molecule has 1 atom stereocenters. The molecule has 5 nitrogen and oxygen atoms in total. The van der Waals surface area contributed by atoms with Gasteiger partial charge < -0.3 is 20.8 Å². The number of carbonyl (C=O) groups excluding carboxylic acids is 1. The SMILES string of the molecule is C=C/C(C(=O)c1cc2cc(C(C)C)c(N)cc2[nH]1)=C(\C)Nc1cc(Oc2ccccc2F)ccc1C(C)CC. The first-order valence-corrected chi connectivity index (χ1v) is 13.3. The first kappa shape index (κ1) is 27.7. The molecule has 1 unspecified atom stereocenters. The highest BCUT2D eigenvalue weighted by Gasteiger charge is 2.19. The topological polar surface area (TPSA) is 80.1 Å². The molecule has 0 saturated carbocycles. The van der Waals surface area contributed by atoms with E-state index in [1.165, 1.54) is 6.07 Å². The van der Waals surface area contributed by atoms with Gasteiger partial charge in [-0.25, -0.2) is 4.39 Å². The molecule has 0 bridgehead atoms. The number of Topliss-reactive ketones (excluding diaryl/α,β-unsaturated/α-hetero) is 1. The Morgan fingerprint density at radius 1 is 1.10 bits per heavy atom. The maximum absolute atomic E-state index is 14.2. The van der Waals surface area contributed by atoms with Gasteiger partial charge in [0, 0.05) is 39.6 Å². The van der Waals surface area contributed by atoms with Crippen LogP contribution in [0.4, 0.5) is 15.8 Å². The standard InChI is InChI=1S/C33H36FN3O2/c1-7-20(5)25-14-13-23(39-32-12-10-9-11-27(32)34)17-30(25)36-21(6)24(8-2)33(38)31-16-22-15-26(19(3)4)28(35)18-29(22)37-31/h8-20,36-37H,2,7,35H2,1,3-6H3/b24-21-. The van der Waals surface area contributed by atoms with Crippen molar-refractivity contribution >= 4 is 28.1 Å². The average Bonchev–Trinajstić information content (AvgIpc) is 3.32. The Labute approximate surface area is 229 Å². The molecule has 4 aromatic rings. The van der Waals surface area contributed by atoms with Gasteiger partial charge in [0.1, 0.15) is 5.75 Å². The Balaban J connectivity index is 1.69. The molecule has 202 valence electrons.